The molecule has 90 valence electrons. The third-order valence-corrected chi connectivity index (χ3v) is 3.36. The van der Waals surface area contributed by atoms with Gasteiger partial charge in [0.1, 0.15) is 5.65 Å². The van der Waals surface area contributed by atoms with Crippen LogP contribution < -0.4 is 5.32 Å². The molecule has 3 rings (SSSR count). The molecule has 1 saturated heterocycles. The van der Waals surface area contributed by atoms with Gasteiger partial charge in [0, 0.05) is 18.7 Å². The van der Waals surface area contributed by atoms with Crippen molar-refractivity contribution in [2.45, 2.75) is 31.7 Å². The highest BCUT2D eigenvalue weighted by Gasteiger charge is 2.15. The average Bonchev–Trinajstić information content (AvgIpc) is 2.74. The quantitative estimate of drug-likeness (QED) is 0.805. The molecule has 1 fully saturated rings. The number of piperidine rings is 1. The van der Waals surface area contributed by atoms with E-state index in [0.29, 0.717) is 11.7 Å². The van der Waals surface area contributed by atoms with Gasteiger partial charge in [-0.1, -0.05) is 12.5 Å². The Kier molecular flexibility index (Phi) is 2.81. The zero-order valence-electron chi connectivity index (χ0n) is 9.69. The largest absolute Gasteiger partial charge is 0.314 e. The summed E-state index contributed by atoms with van der Waals surface area (Å²) in [5.41, 5.74) is 1.66. The van der Waals surface area contributed by atoms with Gasteiger partial charge in [-0.15, -0.1) is 0 Å². The number of imidazole rings is 1. The second kappa shape index (κ2) is 4.45. The van der Waals surface area contributed by atoms with E-state index in [-0.39, 0.29) is 5.95 Å². The van der Waals surface area contributed by atoms with Crippen LogP contribution in [0.4, 0.5) is 4.39 Å². The Morgan fingerprint density at radius 1 is 1.41 bits per heavy atom. The highest BCUT2D eigenvalue weighted by molar-refractivity contribution is 5.39. The van der Waals surface area contributed by atoms with Crippen molar-refractivity contribution < 1.29 is 4.39 Å². The molecule has 1 N–H and O–H groups in total. The molecule has 2 aromatic heterocycles. The van der Waals surface area contributed by atoms with Crippen LogP contribution in [-0.4, -0.2) is 22.0 Å². The first-order valence-corrected chi connectivity index (χ1v) is 6.19. The van der Waals surface area contributed by atoms with Crippen molar-refractivity contribution in [1.82, 2.24) is 14.7 Å². The zero-order chi connectivity index (χ0) is 11.7. The monoisotopic (exact) mass is 233 g/mol. The highest BCUT2D eigenvalue weighted by atomic mass is 19.1. The van der Waals surface area contributed by atoms with Crippen LogP contribution in [0.5, 0.6) is 0 Å². The molecule has 1 unspecified atom stereocenters. The summed E-state index contributed by atoms with van der Waals surface area (Å²) in [6.07, 6.45) is 6.42. The molecule has 0 spiro atoms. The van der Waals surface area contributed by atoms with Crippen LogP contribution in [0.25, 0.3) is 5.65 Å². The van der Waals surface area contributed by atoms with Crippen molar-refractivity contribution in [3.05, 3.63) is 36.0 Å². The smallest absolute Gasteiger partial charge is 0.199 e. The molecule has 3 nitrogen and oxygen atoms in total. The number of nitrogens with zero attached hydrogens (tertiary/aromatic N) is 2. The highest BCUT2D eigenvalue weighted by Crippen LogP contribution is 2.14. The van der Waals surface area contributed by atoms with Crippen molar-refractivity contribution in [3.8, 4) is 0 Å². The van der Waals surface area contributed by atoms with Crippen LogP contribution in [0.3, 0.4) is 0 Å². The molecule has 17 heavy (non-hydrogen) atoms. The van der Waals surface area contributed by atoms with E-state index < -0.39 is 0 Å². The van der Waals surface area contributed by atoms with Crippen LogP contribution in [-0.2, 0) is 6.42 Å². The Morgan fingerprint density at radius 3 is 3.12 bits per heavy atom. The lowest BCUT2D eigenvalue weighted by molar-refractivity contribution is 0.397. The molecular weight excluding hydrogens is 217 g/mol. The topological polar surface area (TPSA) is 29.3 Å². The summed E-state index contributed by atoms with van der Waals surface area (Å²) in [5.74, 6) is -0.252. The Labute approximate surface area is 99.7 Å². The summed E-state index contributed by atoms with van der Waals surface area (Å²) < 4.78 is 15.0. The molecule has 0 saturated carbocycles. The maximum atomic E-state index is 13.5. The number of halogens is 1. The first kappa shape index (κ1) is 10.7. The van der Waals surface area contributed by atoms with Gasteiger partial charge in [-0.3, -0.25) is 4.40 Å². The molecular formula is C13H16FN3. The molecule has 3 heterocycles. The van der Waals surface area contributed by atoms with Crippen molar-refractivity contribution in [3.63, 3.8) is 0 Å². The Morgan fingerprint density at radius 2 is 2.35 bits per heavy atom. The van der Waals surface area contributed by atoms with Crippen LogP contribution in [0, 0.1) is 5.95 Å². The molecule has 1 aliphatic heterocycles. The predicted octanol–water partition coefficient (Wildman–Crippen LogP) is 2.16. The van der Waals surface area contributed by atoms with Crippen LogP contribution >= 0.6 is 0 Å². The van der Waals surface area contributed by atoms with Gasteiger partial charge in [0.25, 0.3) is 0 Å². The Hall–Kier alpha value is -1.42. The lowest BCUT2D eigenvalue weighted by Gasteiger charge is -2.22. The first-order valence-electron chi connectivity index (χ1n) is 6.19. The molecule has 0 bridgehead atoms. The van der Waals surface area contributed by atoms with Crippen molar-refractivity contribution >= 4 is 5.65 Å². The molecule has 4 heteroatoms. The number of rotatable bonds is 2. The fraction of sp³-hybridized carbons (Fsp3) is 0.462. The third-order valence-electron chi connectivity index (χ3n) is 3.36. The predicted molar refractivity (Wildman–Crippen MR) is 64.5 cm³/mol. The molecule has 0 radical (unpaired) electrons. The molecule has 0 aromatic carbocycles. The Balaban J connectivity index is 1.83. The number of fused-ring (bicyclic) bond motifs is 1. The summed E-state index contributed by atoms with van der Waals surface area (Å²) in [6, 6.07) is 5.48. The van der Waals surface area contributed by atoms with E-state index in [4.69, 9.17) is 0 Å². The van der Waals surface area contributed by atoms with E-state index in [2.05, 4.69) is 10.3 Å². The number of aromatic nitrogens is 2. The van der Waals surface area contributed by atoms with E-state index in [1.807, 2.05) is 6.07 Å². The summed E-state index contributed by atoms with van der Waals surface area (Å²) >= 11 is 0. The summed E-state index contributed by atoms with van der Waals surface area (Å²) in [6.45, 7) is 1.09. The average molecular weight is 233 g/mol. The molecule has 0 aliphatic carbocycles. The van der Waals surface area contributed by atoms with Crippen molar-refractivity contribution in [1.29, 1.82) is 0 Å². The van der Waals surface area contributed by atoms with E-state index in [1.165, 1.54) is 29.7 Å². The third kappa shape index (κ3) is 2.17. The second-order valence-electron chi connectivity index (χ2n) is 4.66. The fourth-order valence-electron chi connectivity index (χ4n) is 2.48. The van der Waals surface area contributed by atoms with E-state index in [0.717, 1.165) is 18.7 Å². The minimum Gasteiger partial charge on any atom is -0.314 e. The number of nitrogens with one attached hydrogen (secondary N) is 1. The van der Waals surface area contributed by atoms with Crippen LogP contribution in [0.1, 0.15) is 25.0 Å². The molecule has 1 atom stereocenters. The van der Waals surface area contributed by atoms with E-state index in [9.17, 15) is 4.39 Å². The van der Waals surface area contributed by atoms with Gasteiger partial charge in [-0.25, -0.2) is 4.98 Å². The van der Waals surface area contributed by atoms with Crippen molar-refractivity contribution in [2.75, 3.05) is 6.54 Å². The normalized spacial score (nSPS) is 20.9. The van der Waals surface area contributed by atoms with Crippen LogP contribution in [0.15, 0.2) is 24.4 Å². The lowest BCUT2D eigenvalue weighted by atomic mass is 10.0. The molecule has 1 aliphatic rings. The van der Waals surface area contributed by atoms with Gasteiger partial charge < -0.3 is 5.32 Å². The SMILES string of the molecule is Fc1cccc2nc(CC3CCCCN3)cn12. The first-order chi connectivity index (χ1) is 8.33. The van der Waals surface area contributed by atoms with Gasteiger partial charge in [0.15, 0.2) is 5.95 Å². The van der Waals surface area contributed by atoms with Gasteiger partial charge in [0.05, 0.1) is 5.69 Å². The number of hydrogen-bond donors (Lipinski definition) is 1. The second-order valence-corrected chi connectivity index (χ2v) is 4.66. The minimum atomic E-state index is -0.252. The van der Waals surface area contributed by atoms with Gasteiger partial charge in [0.2, 0.25) is 0 Å². The van der Waals surface area contributed by atoms with Gasteiger partial charge >= 0.3 is 0 Å². The summed E-state index contributed by atoms with van der Waals surface area (Å²) in [4.78, 5) is 4.45. The lowest BCUT2D eigenvalue weighted by Crippen LogP contribution is -2.35. The maximum Gasteiger partial charge on any atom is 0.199 e. The summed E-state index contributed by atoms with van der Waals surface area (Å²) in [7, 11) is 0. The maximum absolute atomic E-state index is 13.5. The van der Waals surface area contributed by atoms with Gasteiger partial charge in [-0.05, 0) is 31.5 Å². The van der Waals surface area contributed by atoms with Gasteiger partial charge in [-0.2, -0.15) is 4.39 Å². The van der Waals surface area contributed by atoms with Crippen LogP contribution in [0.2, 0.25) is 0 Å². The zero-order valence-corrected chi connectivity index (χ0v) is 9.69. The Bertz CT molecular complexity index is 514. The fourth-order valence-corrected chi connectivity index (χ4v) is 2.48. The van der Waals surface area contributed by atoms with E-state index >= 15 is 0 Å². The van der Waals surface area contributed by atoms with E-state index in [1.54, 1.807) is 12.3 Å². The standard InChI is InChI=1S/C13H16FN3/c14-12-5-3-6-13-16-11(9-17(12)13)8-10-4-1-2-7-15-10/h3,5-6,9-10,15H,1-2,4,7-8H2. The minimum absolute atomic E-state index is 0.252. The molecule has 0 amide bonds. The molecule has 2 aromatic rings. The van der Waals surface area contributed by atoms with Crippen molar-refractivity contribution in [2.24, 2.45) is 0 Å². The summed E-state index contributed by atoms with van der Waals surface area (Å²) in [5, 5.41) is 3.48. The number of hydrogen-bond acceptors (Lipinski definition) is 2. The number of pyridine rings is 1.